The fourth-order valence-corrected chi connectivity index (χ4v) is 2.69. The summed E-state index contributed by atoms with van der Waals surface area (Å²) in [5.41, 5.74) is 0.182. The predicted octanol–water partition coefficient (Wildman–Crippen LogP) is 3.06. The van der Waals surface area contributed by atoms with Gasteiger partial charge in [0.1, 0.15) is 5.02 Å². The van der Waals surface area contributed by atoms with E-state index in [0.29, 0.717) is 18.3 Å². The number of nitro benzene ring substituents is 1. The van der Waals surface area contributed by atoms with Gasteiger partial charge >= 0.3 is 0 Å². The Balaban J connectivity index is 1.99. The molecule has 6 nitrogen and oxygen atoms in total. The highest BCUT2D eigenvalue weighted by atomic mass is 35.5. The Hall–Kier alpha value is -1.66. The van der Waals surface area contributed by atoms with Crippen molar-refractivity contribution in [2.24, 2.45) is 0 Å². The van der Waals surface area contributed by atoms with Gasteiger partial charge in [0.2, 0.25) is 5.91 Å². The molecule has 1 heterocycles. The number of nitrogens with zero attached hydrogens (tertiary/aromatic N) is 2. The van der Waals surface area contributed by atoms with E-state index < -0.39 is 4.92 Å². The van der Waals surface area contributed by atoms with Crippen LogP contribution in [0, 0.1) is 10.1 Å². The largest absolute Gasteiger partial charge is 0.325 e. The maximum absolute atomic E-state index is 12.0. The number of amides is 1. The van der Waals surface area contributed by atoms with Crippen LogP contribution < -0.4 is 5.32 Å². The van der Waals surface area contributed by atoms with E-state index in [2.05, 4.69) is 17.1 Å². The Labute approximate surface area is 128 Å². The van der Waals surface area contributed by atoms with Gasteiger partial charge in [-0.2, -0.15) is 0 Å². The van der Waals surface area contributed by atoms with Crippen LogP contribution in [0.1, 0.15) is 26.2 Å². The molecule has 21 heavy (non-hydrogen) atoms. The molecule has 1 unspecified atom stereocenters. The summed E-state index contributed by atoms with van der Waals surface area (Å²) in [6, 6.07) is 4.65. The van der Waals surface area contributed by atoms with Crippen LogP contribution in [-0.4, -0.2) is 34.9 Å². The summed E-state index contributed by atoms with van der Waals surface area (Å²) in [6.45, 7) is 3.33. The van der Waals surface area contributed by atoms with Crippen LogP contribution in [0.5, 0.6) is 0 Å². The van der Waals surface area contributed by atoms with E-state index in [0.717, 1.165) is 19.4 Å². The van der Waals surface area contributed by atoms with Gasteiger partial charge in [0.05, 0.1) is 11.5 Å². The number of likely N-dealkylation sites (tertiary alicyclic amines) is 1. The molecular weight excluding hydrogens is 294 g/mol. The van der Waals surface area contributed by atoms with Gasteiger partial charge in [0.15, 0.2) is 0 Å². The Morgan fingerprint density at radius 1 is 1.52 bits per heavy atom. The second kappa shape index (κ2) is 6.87. The van der Waals surface area contributed by atoms with Crippen molar-refractivity contribution in [1.29, 1.82) is 0 Å². The van der Waals surface area contributed by atoms with Gasteiger partial charge in [0.25, 0.3) is 5.69 Å². The first kappa shape index (κ1) is 15.7. The molecule has 0 bridgehead atoms. The van der Waals surface area contributed by atoms with Gasteiger partial charge in [-0.25, -0.2) is 0 Å². The standard InChI is InChI=1S/C14H18ClN3O3/c1-10-4-2-3-7-17(10)9-14(19)16-11-5-6-12(15)13(8-11)18(20)21/h5-6,8,10H,2-4,7,9H2,1H3,(H,16,19). The number of nitro groups is 1. The minimum absolute atomic E-state index is 0.0580. The number of carbonyl (C=O) groups is 1. The summed E-state index contributed by atoms with van der Waals surface area (Å²) >= 11 is 5.74. The summed E-state index contributed by atoms with van der Waals surface area (Å²) in [5.74, 6) is -0.166. The van der Waals surface area contributed by atoms with Crippen LogP contribution in [0.25, 0.3) is 0 Å². The van der Waals surface area contributed by atoms with Crippen LogP contribution in [0.4, 0.5) is 11.4 Å². The molecule has 0 spiro atoms. The van der Waals surface area contributed by atoms with E-state index >= 15 is 0 Å². The molecule has 114 valence electrons. The van der Waals surface area contributed by atoms with Crippen molar-refractivity contribution in [2.45, 2.75) is 32.2 Å². The third kappa shape index (κ3) is 4.15. The zero-order valence-corrected chi connectivity index (χ0v) is 12.6. The summed E-state index contributed by atoms with van der Waals surface area (Å²) in [5, 5.41) is 13.6. The lowest BCUT2D eigenvalue weighted by Crippen LogP contribution is -2.42. The first-order valence-corrected chi connectivity index (χ1v) is 7.33. The van der Waals surface area contributed by atoms with Crippen molar-refractivity contribution >= 4 is 28.9 Å². The third-order valence-electron chi connectivity index (χ3n) is 3.71. The lowest BCUT2D eigenvalue weighted by Gasteiger charge is -2.32. The quantitative estimate of drug-likeness (QED) is 0.685. The molecule has 1 aromatic rings. The monoisotopic (exact) mass is 311 g/mol. The second-order valence-electron chi connectivity index (χ2n) is 5.29. The molecule has 0 radical (unpaired) electrons. The van der Waals surface area contributed by atoms with E-state index in [1.807, 2.05) is 0 Å². The maximum Gasteiger partial charge on any atom is 0.289 e. The predicted molar refractivity (Wildman–Crippen MR) is 81.6 cm³/mol. The average Bonchev–Trinajstić information content (AvgIpc) is 2.43. The topological polar surface area (TPSA) is 75.5 Å². The molecule has 1 saturated heterocycles. The lowest BCUT2D eigenvalue weighted by molar-refractivity contribution is -0.384. The minimum Gasteiger partial charge on any atom is -0.325 e. The Morgan fingerprint density at radius 2 is 2.29 bits per heavy atom. The summed E-state index contributed by atoms with van der Waals surface area (Å²) in [6.07, 6.45) is 3.40. The van der Waals surface area contributed by atoms with Gasteiger partial charge in [-0.15, -0.1) is 0 Å². The molecule has 1 fully saturated rings. The molecule has 1 aliphatic rings. The Kier molecular flexibility index (Phi) is 5.14. The lowest BCUT2D eigenvalue weighted by atomic mass is 10.0. The second-order valence-corrected chi connectivity index (χ2v) is 5.69. The molecule has 2 rings (SSSR count). The zero-order chi connectivity index (χ0) is 15.4. The van der Waals surface area contributed by atoms with Crippen LogP contribution in [0.2, 0.25) is 5.02 Å². The van der Waals surface area contributed by atoms with Gasteiger partial charge in [-0.05, 0) is 38.4 Å². The third-order valence-corrected chi connectivity index (χ3v) is 4.03. The van der Waals surface area contributed by atoms with Crippen molar-refractivity contribution in [3.8, 4) is 0 Å². The minimum atomic E-state index is -0.565. The average molecular weight is 312 g/mol. The van der Waals surface area contributed by atoms with E-state index in [1.165, 1.54) is 18.6 Å². The van der Waals surface area contributed by atoms with E-state index in [9.17, 15) is 14.9 Å². The number of piperidine rings is 1. The number of carbonyl (C=O) groups excluding carboxylic acids is 1. The molecule has 0 saturated carbocycles. The maximum atomic E-state index is 12.0. The zero-order valence-electron chi connectivity index (χ0n) is 11.8. The van der Waals surface area contributed by atoms with Gasteiger partial charge in [-0.3, -0.25) is 19.8 Å². The number of halogens is 1. The highest BCUT2D eigenvalue weighted by molar-refractivity contribution is 6.32. The first-order chi connectivity index (χ1) is 9.97. The highest BCUT2D eigenvalue weighted by Gasteiger charge is 2.21. The number of anilines is 1. The summed E-state index contributed by atoms with van der Waals surface area (Å²) in [4.78, 5) is 24.4. The summed E-state index contributed by atoms with van der Waals surface area (Å²) in [7, 11) is 0. The number of nitrogens with one attached hydrogen (secondary N) is 1. The number of hydrogen-bond donors (Lipinski definition) is 1. The summed E-state index contributed by atoms with van der Waals surface area (Å²) < 4.78 is 0. The van der Waals surface area contributed by atoms with Crippen molar-refractivity contribution < 1.29 is 9.72 Å². The molecule has 0 aliphatic carbocycles. The number of benzene rings is 1. The number of hydrogen-bond acceptors (Lipinski definition) is 4. The van der Waals surface area contributed by atoms with Crippen LogP contribution in [-0.2, 0) is 4.79 Å². The van der Waals surface area contributed by atoms with Gasteiger partial charge in [-0.1, -0.05) is 18.0 Å². The van der Waals surface area contributed by atoms with Crippen molar-refractivity contribution in [3.63, 3.8) is 0 Å². The van der Waals surface area contributed by atoms with Crippen molar-refractivity contribution in [2.75, 3.05) is 18.4 Å². The van der Waals surface area contributed by atoms with Crippen LogP contribution >= 0.6 is 11.6 Å². The molecular formula is C14H18ClN3O3. The van der Waals surface area contributed by atoms with Gasteiger partial charge in [0, 0.05) is 17.8 Å². The number of rotatable bonds is 4. The fraction of sp³-hybridized carbons (Fsp3) is 0.500. The van der Waals surface area contributed by atoms with Crippen LogP contribution in [0.3, 0.4) is 0 Å². The van der Waals surface area contributed by atoms with Crippen LogP contribution in [0.15, 0.2) is 18.2 Å². The smallest absolute Gasteiger partial charge is 0.289 e. The molecule has 1 amide bonds. The molecule has 0 aromatic heterocycles. The molecule has 1 aliphatic heterocycles. The van der Waals surface area contributed by atoms with E-state index in [4.69, 9.17) is 11.6 Å². The van der Waals surface area contributed by atoms with Crippen molar-refractivity contribution in [3.05, 3.63) is 33.3 Å². The molecule has 1 aromatic carbocycles. The Bertz CT molecular complexity index is 550. The fourth-order valence-electron chi connectivity index (χ4n) is 2.51. The van der Waals surface area contributed by atoms with E-state index in [1.54, 1.807) is 6.07 Å². The molecule has 1 atom stereocenters. The highest BCUT2D eigenvalue weighted by Crippen LogP contribution is 2.27. The van der Waals surface area contributed by atoms with E-state index in [-0.39, 0.29) is 16.6 Å². The Morgan fingerprint density at radius 3 is 2.95 bits per heavy atom. The SMILES string of the molecule is CC1CCCCN1CC(=O)Nc1ccc(Cl)c([N+](=O)[O-])c1. The normalized spacial score (nSPS) is 19.2. The molecule has 7 heteroatoms. The van der Waals surface area contributed by atoms with Gasteiger partial charge < -0.3 is 5.32 Å². The van der Waals surface area contributed by atoms with Crippen molar-refractivity contribution in [1.82, 2.24) is 4.90 Å². The first-order valence-electron chi connectivity index (χ1n) is 6.95. The molecule has 1 N–H and O–H groups in total.